The largest absolute Gasteiger partial charge is 0.377 e. The van der Waals surface area contributed by atoms with Gasteiger partial charge < -0.3 is 15.4 Å². The molecule has 1 amide bonds. The van der Waals surface area contributed by atoms with Crippen LogP contribution >= 0.6 is 24.2 Å². The van der Waals surface area contributed by atoms with Gasteiger partial charge in [-0.25, -0.2) is 0 Å². The topological polar surface area (TPSA) is 50.4 Å². The van der Waals surface area contributed by atoms with Gasteiger partial charge in [0.2, 0.25) is 5.91 Å². The van der Waals surface area contributed by atoms with Crippen molar-refractivity contribution in [1.82, 2.24) is 10.6 Å². The highest BCUT2D eigenvalue weighted by Crippen LogP contribution is 2.17. The van der Waals surface area contributed by atoms with Crippen molar-refractivity contribution in [3.63, 3.8) is 0 Å². The Kier molecular flexibility index (Phi) is 9.68. The van der Waals surface area contributed by atoms with Crippen molar-refractivity contribution in [2.45, 2.75) is 38.2 Å². The number of amides is 1. The average Bonchev–Trinajstić information content (AvgIpc) is 2.47. The van der Waals surface area contributed by atoms with Crippen molar-refractivity contribution < 1.29 is 9.53 Å². The molecule has 0 aromatic rings. The molecule has 0 saturated carbocycles. The minimum absolute atomic E-state index is 0. The summed E-state index contributed by atoms with van der Waals surface area (Å²) < 4.78 is 5.65. The Morgan fingerprint density at radius 3 is 2.90 bits per heavy atom. The van der Waals surface area contributed by atoms with E-state index in [9.17, 15) is 4.79 Å². The number of thioether (sulfide) groups is 1. The SMILES string of the molecule is Cl.O=C(CSCC1CCCCO1)NCC1CCCNC1. The van der Waals surface area contributed by atoms with Gasteiger partial charge in [-0.05, 0) is 51.1 Å². The first-order chi connectivity index (χ1) is 9.34. The van der Waals surface area contributed by atoms with Crippen LogP contribution in [0.15, 0.2) is 0 Å². The number of halogens is 1. The summed E-state index contributed by atoms with van der Waals surface area (Å²) >= 11 is 1.70. The zero-order chi connectivity index (χ0) is 13.3. The van der Waals surface area contributed by atoms with Crippen molar-refractivity contribution in [3.05, 3.63) is 0 Å². The fraction of sp³-hybridized carbons (Fsp3) is 0.929. The maximum atomic E-state index is 11.7. The highest BCUT2D eigenvalue weighted by molar-refractivity contribution is 7.99. The first kappa shape index (κ1) is 18.1. The van der Waals surface area contributed by atoms with Gasteiger partial charge in [0.1, 0.15) is 0 Å². The zero-order valence-corrected chi connectivity index (χ0v) is 13.7. The van der Waals surface area contributed by atoms with Crippen molar-refractivity contribution >= 4 is 30.1 Å². The Morgan fingerprint density at radius 2 is 2.20 bits per heavy atom. The van der Waals surface area contributed by atoms with Gasteiger partial charge in [-0.1, -0.05) is 0 Å². The summed E-state index contributed by atoms with van der Waals surface area (Å²) in [5.41, 5.74) is 0. The maximum absolute atomic E-state index is 11.7. The molecule has 0 spiro atoms. The summed E-state index contributed by atoms with van der Waals surface area (Å²) in [5.74, 6) is 2.31. The van der Waals surface area contributed by atoms with E-state index in [2.05, 4.69) is 10.6 Å². The predicted octanol–water partition coefficient (Wildman–Crippen LogP) is 1.83. The van der Waals surface area contributed by atoms with E-state index >= 15 is 0 Å². The molecule has 0 aromatic carbocycles. The molecular weight excluding hydrogens is 296 g/mol. The third-order valence-electron chi connectivity index (χ3n) is 3.80. The highest BCUT2D eigenvalue weighted by Gasteiger charge is 2.16. The molecule has 2 N–H and O–H groups in total. The van der Waals surface area contributed by atoms with Crippen LogP contribution in [-0.2, 0) is 9.53 Å². The van der Waals surface area contributed by atoms with Crippen LogP contribution in [0.4, 0.5) is 0 Å². The van der Waals surface area contributed by atoms with Crippen molar-refractivity contribution in [1.29, 1.82) is 0 Å². The van der Waals surface area contributed by atoms with E-state index in [4.69, 9.17) is 4.74 Å². The second-order valence-corrected chi connectivity index (χ2v) is 6.55. The summed E-state index contributed by atoms with van der Waals surface area (Å²) in [5, 5.41) is 6.42. The number of ether oxygens (including phenoxy) is 1. The van der Waals surface area contributed by atoms with E-state index in [1.54, 1.807) is 11.8 Å². The lowest BCUT2D eigenvalue weighted by molar-refractivity contribution is -0.118. The summed E-state index contributed by atoms with van der Waals surface area (Å²) in [6.45, 7) is 3.89. The van der Waals surface area contributed by atoms with Gasteiger partial charge in [-0.3, -0.25) is 4.79 Å². The second-order valence-electron chi connectivity index (χ2n) is 5.52. The Hall–Kier alpha value is 0.0300. The van der Waals surface area contributed by atoms with E-state index in [1.165, 1.54) is 25.7 Å². The van der Waals surface area contributed by atoms with Gasteiger partial charge in [0.25, 0.3) is 0 Å². The normalized spacial score (nSPS) is 26.6. The summed E-state index contributed by atoms with van der Waals surface area (Å²) in [6, 6.07) is 0. The van der Waals surface area contributed by atoms with Crippen LogP contribution in [0.2, 0.25) is 0 Å². The molecule has 0 bridgehead atoms. The lowest BCUT2D eigenvalue weighted by atomic mass is 10.00. The number of carbonyl (C=O) groups excluding carboxylic acids is 1. The third kappa shape index (κ3) is 7.16. The molecule has 4 nitrogen and oxygen atoms in total. The third-order valence-corrected chi connectivity index (χ3v) is 4.87. The highest BCUT2D eigenvalue weighted by atomic mass is 35.5. The Balaban J connectivity index is 0.00000200. The minimum atomic E-state index is 0. The van der Waals surface area contributed by atoms with Crippen LogP contribution in [0.5, 0.6) is 0 Å². The molecule has 2 aliphatic heterocycles. The molecule has 2 atom stereocenters. The summed E-state index contributed by atoms with van der Waals surface area (Å²) in [4.78, 5) is 11.7. The molecule has 6 heteroatoms. The monoisotopic (exact) mass is 322 g/mol. The molecule has 2 fully saturated rings. The van der Waals surface area contributed by atoms with E-state index in [-0.39, 0.29) is 18.3 Å². The molecule has 2 unspecified atom stereocenters. The number of hydrogen-bond acceptors (Lipinski definition) is 4. The smallest absolute Gasteiger partial charge is 0.230 e. The quantitative estimate of drug-likeness (QED) is 0.783. The summed E-state index contributed by atoms with van der Waals surface area (Å²) in [6.07, 6.45) is 6.45. The predicted molar refractivity (Wildman–Crippen MR) is 86.8 cm³/mol. The molecule has 2 rings (SSSR count). The lowest BCUT2D eigenvalue weighted by Gasteiger charge is -2.23. The molecule has 2 aliphatic rings. The van der Waals surface area contributed by atoms with E-state index in [0.29, 0.717) is 17.8 Å². The maximum Gasteiger partial charge on any atom is 0.230 e. The zero-order valence-electron chi connectivity index (χ0n) is 12.1. The lowest BCUT2D eigenvalue weighted by Crippen LogP contribution is -2.38. The van der Waals surface area contributed by atoms with Gasteiger partial charge in [-0.2, -0.15) is 0 Å². The van der Waals surface area contributed by atoms with Gasteiger partial charge in [0.15, 0.2) is 0 Å². The number of hydrogen-bond donors (Lipinski definition) is 2. The molecule has 0 aromatic heterocycles. The van der Waals surface area contributed by atoms with Crippen LogP contribution in [0, 0.1) is 5.92 Å². The number of rotatable bonds is 6. The fourth-order valence-corrected chi connectivity index (χ4v) is 3.56. The van der Waals surface area contributed by atoms with Crippen LogP contribution in [0.25, 0.3) is 0 Å². The van der Waals surface area contributed by atoms with E-state index in [1.807, 2.05) is 0 Å². The molecule has 2 saturated heterocycles. The van der Waals surface area contributed by atoms with Crippen molar-refractivity contribution in [2.24, 2.45) is 5.92 Å². The molecule has 2 heterocycles. The molecule has 0 aliphatic carbocycles. The van der Waals surface area contributed by atoms with Gasteiger partial charge >= 0.3 is 0 Å². The molecule has 0 radical (unpaired) electrons. The standard InChI is InChI=1S/C14H26N2O2S.ClH/c17-14(16-9-12-4-3-6-15-8-12)11-19-10-13-5-1-2-7-18-13;/h12-13,15H,1-11H2,(H,16,17);1H. The Morgan fingerprint density at radius 1 is 1.30 bits per heavy atom. The van der Waals surface area contributed by atoms with Crippen molar-refractivity contribution in [2.75, 3.05) is 37.7 Å². The van der Waals surface area contributed by atoms with E-state index in [0.717, 1.165) is 38.4 Å². The van der Waals surface area contributed by atoms with Crippen LogP contribution in [-0.4, -0.2) is 49.8 Å². The molecule has 20 heavy (non-hydrogen) atoms. The first-order valence-corrected chi connectivity index (χ1v) is 8.67. The van der Waals surface area contributed by atoms with E-state index < -0.39 is 0 Å². The Bertz CT molecular complexity index is 270. The Labute approximate surface area is 132 Å². The van der Waals surface area contributed by atoms with Gasteiger partial charge in [-0.15, -0.1) is 24.2 Å². The molecule has 118 valence electrons. The van der Waals surface area contributed by atoms with Crippen LogP contribution in [0.1, 0.15) is 32.1 Å². The fourth-order valence-electron chi connectivity index (χ4n) is 2.63. The average molecular weight is 323 g/mol. The second kappa shape index (κ2) is 10.7. The van der Waals surface area contributed by atoms with Crippen LogP contribution in [0.3, 0.4) is 0 Å². The minimum Gasteiger partial charge on any atom is -0.377 e. The number of nitrogens with one attached hydrogen (secondary N) is 2. The van der Waals surface area contributed by atoms with Gasteiger partial charge in [0.05, 0.1) is 11.9 Å². The van der Waals surface area contributed by atoms with Gasteiger partial charge in [0, 0.05) is 18.9 Å². The van der Waals surface area contributed by atoms with Crippen molar-refractivity contribution in [3.8, 4) is 0 Å². The number of piperidine rings is 1. The number of carbonyl (C=O) groups is 1. The summed E-state index contributed by atoms with van der Waals surface area (Å²) in [7, 11) is 0. The first-order valence-electron chi connectivity index (χ1n) is 7.51. The molecular formula is C14H27ClN2O2S. The van der Waals surface area contributed by atoms with Crippen LogP contribution < -0.4 is 10.6 Å².